The molecule has 0 amide bonds. The van der Waals surface area contributed by atoms with Crippen molar-refractivity contribution in [2.24, 2.45) is 16.7 Å². The first kappa shape index (κ1) is 11.1. The van der Waals surface area contributed by atoms with Crippen LogP contribution >= 0.6 is 0 Å². The Bertz CT molecular complexity index is 282. The standard InChI is InChI=1S/C13H23NO/c1-12(2)10-5-6-13(12,11(15)9-10)7-8-14(3)4/h10H,5-9H2,1-4H3/t10?,13-/m1/s1. The summed E-state index contributed by atoms with van der Waals surface area (Å²) in [6, 6.07) is 0. The van der Waals surface area contributed by atoms with Crippen LogP contribution in [0.2, 0.25) is 0 Å². The van der Waals surface area contributed by atoms with E-state index in [1.807, 2.05) is 0 Å². The summed E-state index contributed by atoms with van der Waals surface area (Å²) < 4.78 is 0. The first-order chi connectivity index (χ1) is 6.90. The predicted octanol–water partition coefficient (Wildman–Crippen LogP) is 2.33. The van der Waals surface area contributed by atoms with E-state index in [4.69, 9.17) is 0 Å². The molecule has 2 atom stereocenters. The van der Waals surface area contributed by atoms with Gasteiger partial charge in [0.05, 0.1) is 0 Å². The quantitative estimate of drug-likeness (QED) is 0.711. The van der Waals surface area contributed by atoms with Crippen LogP contribution in [0, 0.1) is 16.7 Å². The molecule has 0 aromatic carbocycles. The van der Waals surface area contributed by atoms with E-state index >= 15 is 0 Å². The van der Waals surface area contributed by atoms with Gasteiger partial charge in [0.2, 0.25) is 0 Å². The number of nitrogens with zero attached hydrogens (tertiary/aromatic N) is 1. The molecule has 2 heteroatoms. The summed E-state index contributed by atoms with van der Waals surface area (Å²) in [5.41, 5.74) is 0.266. The van der Waals surface area contributed by atoms with Crippen molar-refractivity contribution in [1.29, 1.82) is 0 Å². The lowest BCUT2D eigenvalue weighted by molar-refractivity contribution is -0.130. The number of carbonyl (C=O) groups is 1. The van der Waals surface area contributed by atoms with Gasteiger partial charge in [0, 0.05) is 11.8 Å². The first-order valence-electron chi connectivity index (χ1n) is 6.08. The lowest BCUT2D eigenvalue weighted by Gasteiger charge is -2.37. The molecule has 2 aliphatic carbocycles. The predicted molar refractivity (Wildman–Crippen MR) is 61.7 cm³/mol. The topological polar surface area (TPSA) is 20.3 Å². The highest BCUT2D eigenvalue weighted by atomic mass is 16.1. The van der Waals surface area contributed by atoms with E-state index in [2.05, 4.69) is 32.8 Å². The zero-order valence-electron chi connectivity index (χ0n) is 10.5. The molecule has 0 heterocycles. The molecule has 0 spiro atoms. The monoisotopic (exact) mass is 209 g/mol. The van der Waals surface area contributed by atoms with Gasteiger partial charge in [-0.25, -0.2) is 0 Å². The number of hydrogen-bond acceptors (Lipinski definition) is 2. The highest BCUT2D eigenvalue weighted by Gasteiger charge is 2.63. The maximum absolute atomic E-state index is 12.2. The molecule has 15 heavy (non-hydrogen) atoms. The highest BCUT2D eigenvalue weighted by molar-refractivity contribution is 5.89. The molecule has 1 unspecified atom stereocenters. The van der Waals surface area contributed by atoms with Gasteiger partial charge in [0.1, 0.15) is 5.78 Å². The average Bonchev–Trinajstić information content (AvgIpc) is 2.47. The van der Waals surface area contributed by atoms with Crippen molar-refractivity contribution >= 4 is 5.78 Å². The number of hydrogen-bond donors (Lipinski definition) is 0. The lowest BCUT2D eigenvalue weighted by atomic mass is 9.67. The van der Waals surface area contributed by atoms with Crippen LogP contribution in [0.4, 0.5) is 0 Å². The van der Waals surface area contributed by atoms with Crippen LogP contribution in [-0.4, -0.2) is 31.3 Å². The number of Topliss-reactive ketones (excluding diaryl/α,β-unsaturated/α-hetero) is 1. The maximum atomic E-state index is 12.2. The second-order valence-corrected chi connectivity index (χ2v) is 6.22. The third-order valence-corrected chi connectivity index (χ3v) is 5.12. The number of ketones is 1. The Labute approximate surface area is 93.0 Å². The molecule has 0 radical (unpaired) electrons. The summed E-state index contributed by atoms with van der Waals surface area (Å²) in [5, 5.41) is 0. The molecule has 0 aromatic heterocycles. The van der Waals surface area contributed by atoms with Crippen molar-refractivity contribution in [3.63, 3.8) is 0 Å². The molecule has 2 bridgehead atoms. The number of carbonyl (C=O) groups excluding carboxylic acids is 1. The van der Waals surface area contributed by atoms with E-state index in [0.717, 1.165) is 25.8 Å². The summed E-state index contributed by atoms with van der Waals surface area (Å²) in [4.78, 5) is 14.4. The number of fused-ring (bicyclic) bond motifs is 2. The normalized spacial score (nSPS) is 37.9. The van der Waals surface area contributed by atoms with Crippen molar-refractivity contribution in [1.82, 2.24) is 4.90 Å². The van der Waals surface area contributed by atoms with Crippen molar-refractivity contribution in [2.75, 3.05) is 20.6 Å². The highest BCUT2D eigenvalue weighted by Crippen LogP contribution is 2.65. The average molecular weight is 209 g/mol. The molecule has 2 nitrogen and oxygen atoms in total. The molecule has 0 N–H and O–H groups in total. The largest absolute Gasteiger partial charge is 0.309 e. The van der Waals surface area contributed by atoms with Crippen molar-refractivity contribution in [3.05, 3.63) is 0 Å². The fraction of sp³-hybridized carbons (Fsp3) is 0.923. The smallest absolute Gasteiger partial charge is 0.139 e. The minimum atomic E-state index is 0.0158. The van der Waals surface area contributed by atoms with Gasteiger partial charge in [-0.2, -0.15) is 0 Å². The molecule has 2 aliphatic rings. The van der Waals surface area contributed by atoms with Gasteiger partial charge in [-0.15, -0.1) is 0 Å². The van der Waals surface area contributed by atoms with E-state index in [0.29, 0.717) is 11.7 Å². The molecular formula is C13H23NO. The van der Waals surface area contributed by atoms with Gasteiger partial charge in [0.15, 0.2) is 0 Å². The van der Waals surface area contributed by atoms with Crippen molar-refractivity contribution in [2.45, 2.75) is 39.5 Å². The maximum Gasteiger partial charge on any atom is 0.139 e. The SMILES string of the molecule is CN(C)CC[C@]12CCC(CC1=O)C2(C)C. The second kappa shape index (κ2) is 3.31. The van der Waals surface area contributed by atoms with Crippen molar-refractivity contribution in [3.8, 4) is 0 Å². The van der Waals surface area contributed by atoms with E-state index in [1.165, 1.54) is 6.42 Å². The first-order valence-corrected chi connectivity index (χ1v) is 6.08. The van der Waals surface area contributed by atoms with Crippen LogP contribution in [0.25, 0.3) is 0 Å². The molecule has 2 saturated carbocycles. The van der Waals surface area contributed by atoms with Crippen LogP contribution in [0.15, 0.2) is 0 Å². The fourth-order valence-corrected chi connectivity index (χ4v) is 3.77. The van der Waals surface area contributed by atoms with Gasteiger partial charge < -0.3 is 4.90 Å². The van der Waals surface area contributed by atoms with Gasteiger partial charge in [-0.1, -0.05) is 13.8 Å². The Hall–Kier alpha value is -0.370. The Kier molecular flexibility index (Phi) is 2.45. The molecule has 0 aromatic rings. The van der Waals surface area contributed by atoms with Gasteiger partial charge in [-0.05, 0) is 51.2 Å². The minimum Gasteiger partial charge on any atom is -0.309 e. The Balaban J connectivity index is 2.20. The summed E-state index contributed by atoms with van der Waals surface area (Å²) in [5.74, 6) is 1.21. The molecule has 0 saturated heterocycles. The Morgan fingerprint density at radius 2 is 2.07 bits per heavy atom. The fourth-order valence-electron chi connectivity index (χ4n) is 3.77. The van der Waals surface area contributed by atoms with Gasteiger partial charge in [-0.3, -0.25) is 4.79 Å². The summed E-state index contributed by atoms with van der Waals surface area (Å²) >= 11 is 0. The van der Waals surface area contributed by atoms with E-state index in [-0.39, 0.29) is 10.8 Å². The van der Waals surface area contributed by atoms with Gasteiger partial charge in [0.25, 0.3) is 0 Å². The molecule has 86 valence electrons. The summed E-state index contributed by atoms with van der Waals surface area (Å²) in [6.45, 7) is 5.67. The second-order valence-electron chi connectivity index (χ2n) is 6.22. The Morgan fingerprint density at radius 1 is 1.40 bits per heavy atom. The lowest BCUT2D eigenvalue weighted by Crippen LogP contribution is -2.38. The zero-order chi connectivity index (χ0) is 11.3. The minimum absolute atomic E-state index is 0.0158. The molecule has 2 fully saturated rings. The third kappa shape index (κ3) is 1.37. The summed E-state index contributed by atoms with van der Waals surface area (Å²) in [7, 11) is 4.19. The van der Waals surface area contributed by atoms with Gasteiger partial charge >= 0.3 is 0 Å². The van der Waals surface area contributed by atoms with Crippen LogP contribution in [0.3, 0.4) is 0 Å². The number of rotatable bonds is 3. The van der Waals surface area contributed by atoms with E-state index < -0.39 is 0 Å². The van der Waals surface area contributed by atoms with Crippen LogP contribution in [0.1, 0.15) is 39.5 Å². The summed E-state index contributed by atoms with van der Waals surface area (Å²) in [6.07, 6.45) is 4.31. The Morgan fingerprint density at radius 3 is 2.47 bits per heavy atom. The third-order valence-electron chi connectivity index (χ3n) is 5.12. The molecule has 2 rings (SSSR count). The van der Waals surface area contributed by atoms with Crippen LogP contribution in [-0.2, 0) is 4.79 Å². The van der Waals surface area contributed by atoms with Crippen LogP contribution in [0.5, 0.6) is 0 Å². The van der Waals surface area contributed by atoms with Crippen molar-refractivity contribution < 1.29 is 4.79 Å². The molecular weight excluding hydrogens is 186 g/mol. The van der Waals surface area contributed by atoms with E-state index in [9.17, 15) is 4.79 Å². The van der Waals surface area contributed by atoms with Crippen LogP contribution < -0.4 is 0 Å². The molecule has 0 aliphatic heterocycles. The zero-order valence-corrected chi connectivity index (χ0v) is 10.5. The van der Waals surface area contributed by atoms with E-state index in [1.54, 1.807) is 0 Å².